The molecule has 1 aliphatic heterocycles. The molecule has 1 fully saturated rings. The van der Waals surface area contributed by atoms with Gasteiger partial charge in [0.2, 0.25) is 0 Å². The predicted molar refractivity (Wildman–Crippen MR) is 89.0 cm³/mol. The van der Waals surface area contributed by atoms with Crippen molar-refractivity contribution in [1.29, 1.82) is 0 Å². The molecular weight excluding hydrogens is 362 g/mol. The van der Waals surface area contributed by atoms with Crippen LogP contribution in [0.15, 0.2) is 34.9 Å². The Morgan fingerprint density at radius 1 is 1.39 bits per heavy atom. The number of nitrogens with zero attached hydrogens (tertiary/aromatic N) is 2. The van der Waals surface area contributed by atoms with Crippen molar-refractivity contribution < 1.29 is 14.3 Å². The second-order valence-electron chi connectivity index (χ2n) is 5.42. The topological polar surface area (TPSA) is 85.5 Å². The molecule has 3 rings (SSSR count). The van der Waals surface area contributed by atoms with Crippen molar-refractivity contribution in [1.82, 2.24) is 9.88 Å². The van der Waals surface area contributed by atoms with Gasteiger partial charge in [-0.25, -0.2) is 4.79 Å². The van der Waals surface area contributed by atoms with Crippen LogP contribution in [0.3, 0.4) is 0 Å². The van der Waals surface area contributed by atoms with Gasteiger partial charge in [0.1, 0.15) is 6.61 Å². The van der Waals surface area contributed by atoms with Crippen LogP contribution in [0.4, 0.5) is 4.79 Å². The van der Waals surface area contributed by atoms with E-state index < -0.39 is 6.09 Å². The molecule has 2 aromatic rings. The number of amides is 2. The molecule has 1 aromatic carbocycles. The van der Waals surface area contributed by atoms with E-state index in [1.54, 1.807) is 17.2 Å². The van der Waals surface area contributed by atoms with E-state index in [-0.39, 0.29) is 18.6 Å². The van der Waals surface area contributed by atoms with Crippen molar-refractivity contribution in [2.24, 2.45) is 5.73 Å². The summed E-state index contributed by atoms with van der Waals surface area (Å²) in [6, 6.07) is 7.24. The third kappa shape index (κ3) is 3.14. The van der Waals surface area contributed by atoms with Gasteiger partial charge in [0.05, 0.1) is 17.1 Å². The summed E-state index contributed by atoms with van der Waals surface area (Å²) in [7, 11) is 0. The normalized spacial score (nSPS) is 17.4. The van der Waals surface area contributed by atoms with Crippen LogP contribution < -0.4 is 5.73 Å². The van der Waals surface area contributed by atoms with E-state index in [0.717, 1.165) is 28.2 Å². The lowest BCUT2D eigenvalue weighted by Crippen LogP contribution is -2.39. The number of ether oxygens (including phenoxy) is 1. The minimum atomic E-state index is -0.817. The summed E-state index contributed by atoms with van der Waals surface area (Å²) in [6.07, 6.45) is 2.49. The first-order valence-electron chi connectivity index (χ1n) is 7.34. The minimum absolute atomic E-state index is 0.0777. The number of hydrogen-bond acceptors (Lipinski definition) is 4. The summed E-state index contributed by atoms with van der Waals surface area (Å²) >= 11 is 3.46. The van der Waals surface area contributed by atoms with Gasteiger partial charge < -0.3 is 15.4 Å². The van der Waals surface area contributed by atoms with Gasteiger partial charge in [-0.05, 0) is 40.9 Å². The number of carbonyl (C=O) groups is 2. The Morgan fingerprint density at radius 3 is 3.00 bits per heavy atom. The maximum absolute atomic E-state index is 12.9. The van der Waals surface area contributed by atoms with Gasteiger partial charge in [-0.2, -0.15) is 0 Å². The maximum Gasteiger partial charge on any atom is 0.404 e. The number of pyridine rings is 1. The number of nitrogens with two attached hydrogens (primary N) is 1. The fourth-order valence-corrected chi connectivity index (χ4v) is 3.40. The summed E-state index contributed by atoms with van der Waals surface area (Å²) in [5.41, 5.74) is 6.37. The SMILES string of the molecule is NC(=O)OCC1CCCN1C(=O)c1ccnc2c(Br)cccc12. The minimum Gasteiger partial charge on any atom is -0.448 e. The lowest BCUT2D eigenvalue weighted by atomic mass is 10.1. The number of benzene rings is 1. The van der Waals surface area contributed by atoms with E-state index in [2.05, 4.69) is 20.9 Å². The van der Waals surface area contributed by atoms with Crippen LogP contribution >= 0.6 is 15.9 Å². The highest BCUT2D eigenvalue weighted by Crippen LogP contribution is 2.27. The average molecular weight is 378 g/mol. The summed E-state index contributed by atoms with van der Waals surface area (Å²) in [5.74, 6) is -0.0777. The summed E-state index contributed by atoms with van der Waals surface area (Å²) in [5, 5.41) is 0.799. The van der Waals surface area contributed by atoms with Gasteiger partial charge in [0.25, 0.3) is 5.91 Å². The predicted octanol–water partition coefficient (Wildman–Crippen LogP) is 2.70. The molecule has 1 aliphatic rings. The second-order valence-corrected chi connectivity index (χ2v) is 6.27. The number of aromatic nitrogens is 1. The quantitative estimate of drug-likeness (QED) is 0.890. The number of carbonyl (C=O) groups excluding carboxylic acids is 2. The van der Waals surface area contributed by atoms with Crippen molar-refractivity contribution in [2.45, 2.75) is 18.9 Å². The van der Waals surface area contributed by atoms with E-state index in [9.17, 15) is 9.59 Å². The van der Waals surface area contributed by atoms with Gasteiger partial charge in [0.15, 0.2) is 0 Å². The summed E-state index contributed by atoms with van der Waals surface area (Å²) in [4.78, 5) is 29.8. The molecule has 0 spiro atoms. The first-order chi connectivity index (χ1) is 11.1. The van der Waals surface area contributed by atoms with E-state index in [1.165, 1.54) is 0 Å². The average Bonchev–Trinajstić information content (AvgIpc) is 3.00. The first kappa shape index (κ1) is 15.7. The Bertz CT molecular complexity index is 765. The zero-order valence-electron chi connectivity index (χ0n) is 12.4. The molecular formula is C16H16BrN3O3. The second kappa shape index (κ2) is 6.54. The van der Waals surface area contributed by atoms with Gasteiger partial charge >= 0.3 is 6.09 Å². The Balaban J connectivity index is 1.91. The molecule has 0 aliphatic carbocycles. The zero-order valence-corrected chi connectivity index (χ0v) is 14.0. The van der Waals surface area contributed by atoms with Crippen LogP contribution in [-0.4, -0.2) is 41.1 Å². The Kier molecular flexibility index (Phi) is 4.47. The number of rotatable bonds is 3. The lowest BCUT2D eigenvalue weighted by Gasteiger charge is -2.24. The standard InChI is InChI=1S/C16H16BrN3O3/c17-13-5-1-4-11-12(6-7-19-14(11)13)15(21)20-8-2-3-10(20)9-23-16(18)22/h1,4-7,10H,2-3,8-9H2,(H2,18,22). The Hall–Kier alpha value is -2.15. The zero-order chi connectivity index (χ0) is 16.4. The van der Waals surface area contributed by atoms with Crippen molar-refractivity contribution in [3.8, 4) is 0 Å². The molecule has 1 aromatic heterocycles. The molecule has 120 valence electrons. The Labute approximate surface area is 141 Å². The van der Waals surface area contributed by atoms with Crippen LogP contribution in [0.5, 0.6) is 0 Å². The number of primary amides is 1. The molecule has 1 unspecified atom stereocenters. The molecule has 1 saturated heterocycles. The molecule has 0 radical (unpaired) electrons. The Morgan fingerprint density at radius 2 is 2.22 bits per heavy atom. The van der Waals surface area contributed by atoms with Crippen molar-refractivity contribution in [3.05, 3.63) is 40.5 Å². The van der Waals surface area contributed by atoms with Gasteiger partial charge in [0, 0.05) is 22.6 Å². The molecule has 2 amide bonds. The van der Waals surface area contributed by atoms with E-state index >= 15 is 0 Å². The molecule has 7 heteroatoms. The number of likely N-dealkylation sites (tertiary alicyclic amines) is 1. The third-order valence-corrected chi connectivity index (χ3v) is 4.65. The highest BCUT2D eigenvalue weighted by molar-refractivity contribution is 9.10. The maximum atomic E-state index is 12.9. The highest BCUT2D eigenvalue weighted by Gasteiger charge is 2.31. The molecule has 2 N–H and O–H groups in total. The number of halogens is 1. The van der Waals surface area contributed by atoms with Crippen LogP contribution in [0, 0.1) is 0 Å². The van der Waals surface area contributed by atoms with Gasteiger partial charge in [-0.1, -0.05) is 12.1 Å². The van der Waals surface area contributed by atoms with E-state index in [0.29, 0.717) is 12.1 Å². The van der Waals surface area contributed by atoms with Gasteiger partial charge in [-0.3, -0.25) is 9.78 Å². The largest absolute Gasteiger partial charge is 0.448 e. The fraction of sp³-hybridized carbons (Fsp3) is 0.312. The fourth-order valence-electron chi connectivity index (χ4n) is 2.94. The number of hydrogen-bond donors (Lipinski definition) is 1. The molecule has 6 nitrogen and oxygen atoms in total. The van der Waals surface area contributed by atoms with Gasteiger partial charge in [-0.15, -0.1) is 0 Å². The lowest BCUT2D eigenvalue weighted by molar-refractivity contribution is 0.0648. The summed E-state index contributed by atoms with van der Waals surface area (Å²) in [6.45, 7) is 0.775. The van der Waals surface area contributed by atoms with E-state index in [4.69, 9.17) is 10.5 Å². The molecule has 0 bridgehead atoms. The van der Waals surface area contributed by atoms with Crippen molar-refractivity contribution in [3.63, 3.8) is 0 Å². The highest BCUT2D eigenvalue weighted by atomic mass is 79.9. The van der Waals surface area contributed by atoms with Crippen molar-refractivity contribution in [2.75, 3.05) is 13.2 Å². The van der Waals surface area contributed by atoms with Crippen LogP contribution in [0.2, 0.25) is 0 Å². The van der Waals surface area contributed by atoms with Crippen LogP contribution in [0.25, 0.3) is 10.9 Å². The number of para-hydroxylation sites is 1. The van der Waals surface area contributed by atoms with Crippen LogP contribution in [-0.2, 0) is 4.74 Å². The molecule has 0 saturated carbocycles. The number of fused-ring (bicyclic) bond motifs is 1. The van der Waals surface area contributed by atoms with E-state index in [1.807, 2.05) is 18.2 Å². The first-order valence-corrected chi connectivity index (χ1v) is 8.13. The van der Waals surface area contributed by atoms with Crippen LogP contribution in [0.1, 0.15) is 23.2 Å². The molecule has 23 heavy (non-hydrogen) atoms. The van der Waals surface area contributed by atoms with Crippen molar-refractivity contribution >= 4 is 38.8 Å². The smallest absolute Gasteiger partial charge is 0.404 e. The summed E-state index contributed by atoms with van der Waals surface area (Å²) < 4.78 is 5.72. The molecule has 2 heterocycles. The third-order valence-electron chi connectivity index (χ3n) is 4.01. The molecule has 1 atom stereocenters. The monoisotopic (exact) mass is 377 g/mol.